The lowest BCUT2D eigenvalue weighted by Gasteiger charge is -2.27. The van der Waals surface area contributed by atoms with E-state index >= 15 is 0 Å². The summed E-state index contributed by atoms with van der Waals surface area (Å²) in [4.78, 5) is 14.3. The summed E-state index contributed by atoms with van der Waals surface area (Å²) in [6.45, 7) is 5.84. The normalized spacial score (nSPS) is 22.5. The lowest BCUT2D eigenvalue weighted by Crippen LogP contribution is -2.43. The van der Waals surface area contributed by atoms with E-state index < -0.39 is 0 Å². The lowest BCUT2D eigenvalue weighted by atomic mass is 10.0. The van der Waals surface area contributed by atoms with Gasteiger partial charge >= 0.3 is 0 Å². The van der Waals surface area contributed by atoms with Gasteiger partial charge in [0.05, 0.1) is 5.92 Å². The Kier molecular flexibility index (Phi) is 5.26. The summed E-state index contributed by atoms with van der Waals surface area (Å²) in [5.41, 5.74) is 5.82. The van der Waals surface area contributed by atoms with Crippen LogP contribution in [0.3, 0.4) is 0 Å². The zero-order chi connectivity index (χ0) is 11.7. The van der Waals surface area contributed by atoms with Gasteiger partial charge in [-0.25, -0.2) is 0 Å². The average molecular weight is 261 g/mol. The highest BCUT2D eigenvalue weighted by atomic mass is 35.5. The predicted molar refractivity (Wildman–Crippen MR) is 72.1 cm³/mol. The van der Waals surface area contributed by atoms with Gasteiger partial charge in [-0.15, -0.1) is 12.4 Å². The van der Waals surface area contributed by atoms with Crippen LogP contribution in [0.2, 0.25) is 0 Å². The van der Waals surface area contributed by atoms with Gasteiger partial charge in [-0.05, 0) is 44.4 Å². The van der Waals surface area contributed by atoms with Crippen molar-refractivity contribution < 1.29 is 4.79 Å². The van der Waals surface area contributed by atoms with E-state index in [-0.39, 0.29) is 30.3 Å². The fourth-order valence-corrected chi connectivity index (χ4v) is 1.99. The zero-order valence-corrected chi connectivity index (χ0v) is 11.7. The number of carbonyl (C=O) groups is 1. The summed E-state index contributed by atoms with van der Waals surface area (Å²) in [6.07, 6.45) is 5.23. The highest BCUT2D eigenvalue weighted by Crippen LogP contribution is 2.34. The van der Waals surface area contributed by atoms with E-state index in [1.54, 1.807) is 0 Å². The van der Waals surface area contributed by atoms with Gasteiger partial charge in [0.25, 0.3) is 0 Å². The maximum absolute atomic E-state index is 12.3. The molecule has 0 spiro atoms. The minimum atomic E-state index is -0.0339. The van der Waals surface area contributed by atoms with E-state index in [0.29, 0.717) is 0 Å². The number of carbonyl (C=O) groups excluding carboxylic acids is 1. The van der Waals surface area contributed by atoms with Gasteiger partial charge in [0.15, 0.2) is 0 Å². The van der Waals surface area contributed by atoms with Crippen molar-refractivity contribution in [2.24, 2.45) is 23.5 Å². The Labute approximate surface area is 111 Å². The highest BCUT2D eigenvalue weighted by molar-refractivity contribution is 5.85. The molecule has 0 radical (unpaired) electrons. The molecule has 0 saturated heterocycles. The number of amides is 1. The van der Waals surface area contributed by atoms with Crippen molar-refractivity contribution in [3.05, 3.63) is 0 Å². The molecular formula is C13H25ClN2O. The molecule has 0 heterocycles. The highest BCUT2D eigenvalue weighted by Gasteiger charge is 2.33. The van der Waals surface area contributed by atoms with Gasteiger partial charge in [-0.3, -0.25) is 4.79 Å². The number of nitrogens with two attached hydrogens (primary N) is 1. The topological polar surface area (TPSA) is 46.3 Å². The molecule has 3 nitrogen and oxygen atoms in total. The quantitative estimate of drug-likeness (QED) is 0.795. The molecule has 2 N–H and O–H groups in total. The van der Waals surface area contributed by atoms with E-state index in [0.717, 1.165) is 24.9 Å². The zero-order valence-electron chi connectivity index (χ0n) is 10.9. The van der Waals surface area contributed by atoms with Crippen LogP contribution >= 0.6 is 12.4 Å². The number of nitrogens with zero attached hydrogens (tertiary/aromatic N) is 1. The molecule has 2 atom stereocenters. The molecule has 2 aliphatic carbocycles. The van der Waals surface area contributed by atoms with Crippen LogP contribution in [0.4, 0.5) is 0 Å². The second kappa shape index (κ2) is 6.05. The van der Waals surface area contributed by atoms with Crippen LogP contribution in [0, 0.1) is 17.8 Å². The Balaban J connectivity index is 0.00000144. The standard InChI is InChI=1S/C13H24N2O.ClH/c1-9(10(2)14)13(16)15(7-11-3-4-11)8-12-5-6-12;/h9-12H,3-8,14H2,1-2H3;1H. The minimum absolute atomic E-state index is 0. The van der Waals surface area contributed by atoms with Crippen molar-refractivity contribution in [3.63, 3.8) is 0 Å². The molecule has 1 amide bonds. The van der Waals surface area contributed by atoms with Crippen molar-refractivity contribution in [3.8, 4) is 0 Å². The van der Waals surface area contributed by atoms with Crippen LogP contribution < -0.4 is 5.73 Å². The van der Waals surface area contributed by atoms with Gasteiger partial charge in [0.2, 0.25) is 5.91 Å². The average Bonchev–Trinajstić information content (AvgIpc) is 3.08. The van der Waals surface area contributed by atoms with Gasteiger partial charge < -0.3 is 10.6 Å². The van der Waals surface area contributed by atoms with Gasteiger partial charge in [-0.1, -0.05) is 6.92 Å². The second-order valence-electron chi connectivity index (χ2n) is 5.78. The smallest absolute Gasteiger partial charge is 0.226 e. The van der Waals surface area contributed by atoms with Crippen LogP contribution in [0.5, 0.6) is 0 Å². The van der Waals surface area contributed by atoms with Crippen LogP contribution in [0.25, 0.3) is 0 Å². The number of hydrogen-bond donors (Lipinski definition) is 1. The van der Waals surface area contributed by atoms with Crippen molar-refractivity contribution in [1.82, 2.24) is 4.90 Å². The summed E-state index contributed by atoms with van der Waals surface area (Å²) in [5, 5.41) is 0. The molecule has 2 saturated carbocycles. The minimum Gasteiger partial charge on any atom is -0.342 e. The third-order valence-electron chi connectivity index (χ3n) is 3.84. The summed E-state index contributed by atoms with van der Waals surface area (Å²) in [5.74, 6) is 1.80. The first-order chi connectivity index (χ1) is 7.58. The fourth-order valence-electron chi connectivity index (χ4n) is 1.99. The Bertz CT molecular complexity index is 248. The number of halogens is 1. The molecule has 2 fully saturated rings. The molecular weight excluding hydrogens is 236 g/mol. The van der Waals surface area contributed by atoms with Crippen LogP contribution in [-0.2, 0) is 4.79 Å². The third kappa shape index (κ3) is 4.47. The lowest BCUT2D eigenvalue weighted by molar-refractivity contribution is -0.136. The largest absolute Gasteiger partial charge is 0.342 e. The maximum Gasteiger partial charge on any atom is 0.226 e. The number of hydrogen-bond acceptors (Lipinski definition) is 2. The summed E-state index contributed by atoms with van der Waals surface area (Å²) >= 11 is 0. The van der Waals surface area contributed by atoms with Gasteiger partial charge in [-0.2, -0.15) is 0 Å². The van der Waals surface area contributed by atoms with Gasteiger partial charge in [0.1, 0.15) is 0 Å². The number of rotatable bonds is 6. The SMILES string of the molecule is CC(N)C(C)C(=O)N(CC1CC1)CC1CC1.Cl. The van der Waals surface area contributed by atoms with Crippen LogP contribution in [0.15, 0.2) is 0 Å². The van der Waals surface area contributed by atoms with Crippen LogP contribution in [0.1, 0.15) is 39.5 Å². The molecule has 2 aliphatic rings. The molecule has 100 valence electrons. The molecule has 2 rings (SSSR count). The van der Waals surface area contributed by atoms with E-state index in [4.69, 9.17) is 5.73 Å². The van der Waals surface area contributed by atoms with Crippen LogP contribution in [-0.4, -0.2) is 29.9 Å². The molecule has 0 aliphatic heterocycles. The Morgan fingerprint density at radius 1 is 1.18 bits per heavy atom. The van der Waals surface area contributed by atoms with Crippen molar-refractivity contribution in [2.75, 3.05) is 13.1 Å². The first kappa shape index (κ1) is 14.8. The molecule has 0 aromatic rings. The Morgan fingerprint density at radius 3 is 1.88 bits per heavy atom. The van der Waals surface area contributed by atoms with Crippen molar-refractivity contribution >= 4 is 18.3 Å². The maximum atomic E-state index is 12.3. The second-order valence-corrected chi connectivity index (χ2v) is 5.78. The summed E-state index contributed by atoms with van der Waals surface area (Å²) in [6, 6.07) is -0.0339. The predicted octanol–water partition coefficient (Wildman–Crippen LogP) is 2.04. The van der Waals surface area contributed by atoms with Gasteiger partial charge in [0, 0.05) is 19.1 Å². The molecule has 17 heavy (non-hydrogen) atoms. The van der Waals surface area contributed by atoms with E-state index in [2.05, 4.69) is 4.90 Å². The van der Waals surface area contributed by atoms with E-state index in [9.17, 15) is 4.79 Å². The fraction of sp³-hybridized carbons (Fsp3) is 0.923. The first-order valence-electron chi connectivity index (χ1n) is 6.62. The van der Waals surface area contributed by atoms with E-state index in [1.807, 2.05) is 13.8 Å². The Hall–Kier alpha value is -0.280. The van der Waals surface area contributed by atoms with Crippen molar-refractivity contribution in [2.45, 2.75) is 45.6 Å². The van der Waals surface area contributed by atoms with E-state index in [1.165, 1.54) is 25.7 Å². The molecule has 0 bridgehead atoms. The monoisotopic (exact) mass is 260 g/mol. The Morgan fingerprint density at radius 2 is 1.59 bits per heavy atom. The molecule has 4 heteroatoms. The first-order valence-corrected chi connectivity index (χ1v) is 6.62. The third-order valence-corrected chi connectivity index (χ3v) is 3.84. The molecule has 0 aromatic carbocycles. The van der Waals surface area contributed by atoms with Crippen molar-refractivity contribution in [1.29, 1.82) is 0 Å². The molecule has 0 aromatic heterocycles. The molecule has 2 unspecified atom stereocenters. The summed E-state index contributed by atoms with van der Waals surface area (Å²) in [7, 11) is 0. The summed E-state index contributed by atoms with van der Waals surface area (Å²) < 4.78 is 0.